The monoisotopic (exact) mass is 215 g/mol. The molecule has 0 spiro atoms. The van der Waals surface area contributed by atoms with Crippen LogP contribution in [0.25, 0.3) is 11.0 Å². The summed E-state index contributed by atoms with van der Waals surface area (Å²) in [7, 11) is 2.11. The van der Waals surface area contributed by atoms with Crippen molar-refractivity contribution in [1.82, 2.24) is 9.55 Å². The third kappa shape index (κ3) is 1.21. The lowest BCUT2D eigenvalue weighted by molar-refractivity contribution is 0.401. The van der Waals surface area contributed by atoms with E-state index in [1.54, 1.807) is 0 Å². The molecule has 1 saturated carbocycles. The molecule has 16 heavy (non-hydrogen) atoms. The van der Waals surface area contributed by atoms with Crippen molar-refractivity contribution in [2.24, 2.45) is 12.8 Å². The second-order valence-corrected chi connectivity index (χ2v) is 4.63. The van der Waals surface area contributed by atoms with Gasteiger partial charge in [0, 0.05) is 30.9 Å². The summed E-state index contributed by atoms with van der Waals surface area (Å²) in [5.41, 5.74) is 9.70. The zero-order valence-corrected chi connectivity index (χ0v) is 9.61. The van der Waals surface area contributed by atoms with Crippen molar-refractivity contribution >= 4 is 11.0 Å². The zero-order chi connectivity index (χ0) is 11.1. The maximum atomic E-state index is 5.91. The number of rotatable bonds is 2. The van der Waals surface area contributed by atoms with Crippen molar-refractivity contribution in [3.8, 4) is 0 Å². The highest BCUT2D eigenvalue weighted by atomic mass is 15.0. The Kier molecular flexibility index (Phi) is 2.21. The number of hydrogen-bond acceptors (Lipinski definition) is 2. The van der Waals surface area contributed by atoms with Crippen LogP contribution in [0.5, 0.6) is 0 Å². The van der Waals surface area contributed by atoms with Crippen LogP contribution >= 0.6 is 0 Å². The molecule has 0 radical (unpaired) electrons. The van der Waals surface area contributed by atoms with Crippen LogP contribution in [0.3, 0.4) is 0 Å². The van der Waals surface area contributed by atoms with Gasteiger partial charge in [0.2, 0.25) is 0 Å². The summed E-state index contributed by atoms with van der Waals surface area (Å²) in [6.45, 7) is 0.620. The molecule has 0 unspecified atom stereocenters. The summed E-state index contributed by atoms with van der Waals surface area (Å²) in [5, 5.41) is 1.23. The molecule has 3 rings (SSSR count). The number of nitrogens with two attached hydrogens (primary N) is 1. The minimum absolute atomic E-state index is 0.620. The first-order valence-electron chi connectivity index (χ1n) is 5.95. The highest BCUT2D eigenvalue weighted by Gasteiger charge is 2.26. The lowest BCUT2D eigenvalue weighted by atomic mass is 9.81. The van der Waals surface area contributed by atoms with Crippen LogP contribution in [0.2, 0.25) is 0 Å². The molecule has 2 N–H and O–H groups in total. The molecule has 2 heterocycles. The number of aryl methyl sites for hydroxylation is 1. The van der Waals surface area contributed by atoms with Crippen molar-refractivity contribution in [2.75, 3.05) is 0 Å². The zero-order valence-electron chi connectivity index (χ0n) is 9.61. The van der Waals surface area contributed by atoms with E-state index in [1.165, 1.54) is 35.9 Å². The molecular weight excluding hydrogens is 198 g/mol. The second kappa shape index (κ2) is 3.59. The molecule has 0 bridgehead atoms. The number of aromatic nitrogens is 2. The van der Waals surface area contributed by atoms with E-state index in [4.69, 9.17) is 5.73 Å². The van der Waals surface area contributed by atoms with Crippen LogP contribution in [-0.4, -0.2) is 9.55 Å². The van der Waals surface area contributed by atoms with Crippen LogP contribution in [0, 0.1) is 0 Å². The van der Waals surface area contributed by atoms with E-state index >= 15 is 0 Å². The molecule has 0 saturated heterocycles. The van der Waals surface area contributed by atoms with Gasteiger partial charge in [-0.3, -0.25) is 0 Å². The normalized spacial score (nSPS) is 16.6. The molecular formula is C13H17N3. The third-order valence-corrected chi connectivity index (χ3v) is 3.80. The fraction of sp³-hybridized carbons (Fsp3) is 0.462. The molecule has 0 atom stereocenters. The van der Waals surface area contributed by atoms with Crippen molar-refractivity contribution in [3.05, 3.63) is 29.6 Å². The Labute approximate surface area is 95.3 Å². The van der Waals surface area contributed by atoms with Gasteiger partial charge in [-0.05, 0) is 36.5 Å². The lowest BCUT2D eigenvalue weighted by Gasteiger charge is -2.27. The van der Waals surface area contributed by atoms with E-state index in [0.29, 0.717) is 12.5 Å². The molecule has 84 valence electrons. The highest BCUT2D eigenvalue weighted by molar-refractivity contribution is 5.82. The van der Waals surface area contributed by atoms with Gasteiger partial charge in [0.15, 0.2) is 0 Å². The SMILES string of the molecule is Cn1c(C2CCC2)c(CN)c2cccnc21. The molecule has 2 aromatic rings. The topological polar surface area (TPSA) is 43.8 Å². The maximum absolute atomic E-state index is 5.91. The van der Waals surface area contributed by atoms with Gasteiger partial charge in [0.25, 0.3) is 0 Å². The van der Waals surface area contributed by atoms with E-state index in [2.05, 4.69) is 22.7 Å². The standard InChI is InChI=1S/C13H17N3/c1-16-12(9-4-2-5-9)11(8-14)10-6-3-7-15-13(10)16/h3,6-7,9H,2,4-5,8,14H2,1H3. The number of nitrogens with zero attached hydrogens (tertiary/aromatic N) is 2. The van der Waals surface area contributed by atoms with Gasteiger partial charge in [-0.1, -0.05) is 6.42 Å². The Morgan fingerprint density at radius 2 is 2.31 bits per heavy atom. The van der Waals surface area contributed by atoms with Crippen LogP contribution < -0.4 is 5.73 Å². The number of pyridine rings is 1. The number of fused-ring (bicyclic) bond motifs is 1. The van der Waals surface area contributed by atoms with Crippen LogP contribution in [0.15, 0.2) is 18.3 Å². The Morgan fingerprint density at radius 3 is 2.94 bits per heavy atom. The molecule has 0 amide bonds. The van der Waals surface area contributed by atoms with Gasteiger partial charge >= 0.3 is 0 Å². The summed E-state index contributed by atoms with van der Waals surface area (Å²) >= 11 is 0. The molecule has 1 aliphatic rings. The molecule has 1 aliphatic carbocycles. The maximum Gasteiger partial charge on any atom is 0.140 e. The number of hydrogen-bond donors (Lipinski definition) is 1. The second-order valence-electron chi connectivity index (χ2n) is 4.63. The molecule has 2 aromatic heterocycles. The predicted octanol–water partition coefficient (Wildman–Crippen LogP) is 2.30. The first-order chi connectivity index (χ1) is 7.83. The molecule has 1 fully saturated rings. The average Bonchev–Trinajstić information content (AvgIpc) is 2.51. The predicted molar refractivity (Wildman–Crippen MR) is 65.2 cm³/mol. The largest absolute Gasteiger partial charge is 0.332 e. The highest BCUT2D eigenvalue weighted by Crippen LogP contribution is 2.40. The van der Waals surface area contributed by atoms with Gasteiger partial charge in [-0.25, -0.2) is 4.98 Å². The Hall–Kier alpha value is -1.35. The van der Waals surface area contributed by atoms with Crippen molar-refractivity contribution in [3.63, 3.8) is 0 Å². The summed E-state index contributed by atoms with van der Waals surface area (Å²) in [4.78, 5) is 4.46. The fourth-order valence-electron chi connectivity index (χ4n) is 2.77. The lowest BCUT2D eigenvalue weighted by Crippen LogP contribution is -2.15. The third-order valence-electron chi connectivity index (χ3n) is 3.80. The Bertz CT molecular complexity index is 523. The minimum atomic E-state index is 0.620. The Morgan fingerprint density at radius 1 is 1.50 bits per heavy atom. The van der Waals surface area contributed by atoms with Gasteiger partial charge in [-0.2, -0.15) is 0 Å². The molecule has 3 heteroatoms. The Balaban J connectivity index is 2.28. The van der Waals surface area contributed by atoms with Crippen molar-refractivity contribution in [2.45, 2.75) is 31.7 Å². The first kappa shape index (κ1) is 9.85. The molecule has 3 nitrogen and oxygen atoms in total. The fourth-order valence-corrected chi connectivity index (χ4v) is 2.77. The van der Waals surface area contributed by atoms with E-state index < -0.39 is 0 Å². The van der Waals surface area contributed by atoms with E-state index in [1.807, 2.05) is 12.3 Å². The van der Waals surface area contributed by atoms with Crippen LogP contribution in [0.4, 0.5) is 0 Å². The van der Waals surface area contributed by atoms with Gasteiger partial charge < -0.3 is 10.3 Å². The summed E-state index contributed by atoms with van der Waals surface area (Å²) < 4.78 is 2.24. The minimum Gasteiger partial charge on any atom is -0.332 e. The smallest absolute Gasteiger partial charge is 0.140 e. The van der Waals surface area contributed by atoms with Gasteiger partial charge in [0.05, 0.1) is 0 Å². The van der Waals surface area contributed by atoms with Crippen LogP contribution in [0.1, 0.15) is 36.4 Å². The quantitative estimate of drug-likeness (QED) is 0.835. The van der Waals surface area contributed by atoms with Crippen molar-refractivity contribution in [1.29, 1.82) is 0 Å². The van der Waals surface area contributed by atoms with Crippen molar-refractivity contribution < 1.29 is 0 Å². The van der Waals surface area contributed by atoms with Gasteiger partial charge in [0.1, 0.15) is 5.65 Å². The molecule has 0 aliphatic heterocycles. The van der Waals surface area contributed by atoms with E-state index in [9.17, 15) is 0 Å². The van der Waals surface area contributed by atoms with Gasteiger partial charge in [-0.15, -0.1) is 0 Å². The molecule has 0 aromatic carbocycles. The van der Waals surface area contributed by atoms with Crippen LogP contribution in [-0.2, 0) is 13.6 Å². The summed E-state index contributed by atoms with van der Waals surface area (Å²) in [6.07, 6.45) is 5.81. The summed E-state index contributed by atoms with van der Waals surface area (Å²) in [5.74, 6) is 0.706. The first-order valence-corrected chi connectivity index (χ1v) is 5.95. The van der Waals surface area contributed by atoms with E-state index in [-0.39, 0.29) is 0 Å². The summed E-state index contributed by atoms with van der Waals surface area (Å²) in [6, 6.07) is 4.12. The van der Waals surface area contributed by atoms with E-state index in [0.717, 1.165) is 5.65 Å². The average molecular weight is 215 g/mol.